The average Bonchev–Trinajstić information content (AvgIpc) is 2.76. The van der Waals surface area contributed by atoms with E-state index in [9.17, 15) is 19.2 Å². The highest BCUT2D eigenvalue weighted by molar-refractivity contribution is 6.15. The molecule has 0 saturated heterocycles. The lowest BCUT2D eigenvalue weighted by Gasteiger charge is -2.29. The van der Waals surface area contributed by atoms with E-state index in [1.807, 2.05) is 0 Å². The summed E-state index contributed by atoms with van der Waals surface area (Å²) in [5.74, 6) is -3.13. The van der Waals surface area contributed by atoms with Gasteiger partial charge in [-0.25, -0.2) is 15.0 Å². The van der Waals surface area contributed by atoms with Gasteiger partial charge in [-0.2, -0.15) is 0 Å². The average molecular weight is 355 g/mol. The quantitative estimate of drug-likeness (QED) is 0.384. The van der Waals surface area contributed by atoms with Crippen LogP contribution in [0.15, 0.2) is 23.5 Å². The summed E-state index contributed by atoms with van der Waals surface area (Å²) in [5, 5.41) is 0.961. The van der Waals surface area contributed by atoms with Gasteiger partial charge in [-0.15, -0.1) is 0 Å². The van der Waals surface area contributed by atoms with Crippen LogP contribution in [0.5, 0.6) is 0 Å². The summed E-state index contributed by atoms with van der Waals surface area (Å²) in [5.41, 5.74) is 4.37. The number of carbonyl (C=O) groups is 4. The number of esters is 3. The number of ether oxygens (including phenoxy) is 3. The van der Waals surface area contributed by atoms with Crippen molar-refractivity contribution in [2.75, 3.05) is 20.3 Å². The minimum absolute atomic E-state index is 0.0248. The third kappa shape index (κ3) is 3.14. The monoisotopic (exact) mass is 355 g/mol. The molecule has 0 bridgehead atoms. The fourth-order valence-electron chi connectivity index (χ4n) is 2.56. The second-order valence-corrected chi connectivity index (χ2v) is 4.90. The van der Waals surface area contributed by atoms with E-state index in [2.05, 4.69) is 12.0 Å². The van der Waals surface area contributed by atoms with Gasteiger partial charge in [0.2, 0.25) is 5.41 Å². The number of primary amides is 1. The molecular formula is C15H21N3O7. The number of nitrogens with two attached hydrogens (primary N) is 1. The number of nitrogens with one attached hydrogen (secondary N) is 1. The first-order valence-corrected chi connectivity index (χ1v) is 7.39. The molecule has 2 amide bonds. The lowest BCUT2D eigenvalue weighted by atomic mass is 9.79. The molecule has 1 rings (SSSR count). The zero-order valence-corrected chi connectivity index (χ0v) is 14.5. The van der Waals surface area contributed by atoms with E-state index in [4.69, 9.17) is 19.9 Å². The molecule has 1 heterocycles. The van der Waals surface area contributed by atoms with Crippen molar-refractivity contribution in [3.05, 3.63) is 23.5 Å². The van der Waals surface area contributed by atoms with Gasteiger partial charge < -0.3 is 19.9 Å². The molecule has 0 aromatic heterocycles. The fraction of sp³-hybridized carbons (Fsp3) is 0.467. The highest BCUT2D eigenvalue weighted by atomic mass is 16.6. The summed E-state index contributed by atoms with van der Waals surface area (Å²) in [7, 11) is 1.08. The fourth-order valence-corrected chi connectivity index (χ4v) is 2.56. The van der Waals surface area contributed by atoms with Crippen molar-refractivity contribution in [3.63, 3.8) is 0 Å². The molecule has 1 aliphatic heterocycles. The molecule has 0 aromatic carbocycles. The van der Waals surface area contributed by atoms with Crippen molar-refractivity contribution in [1.29, 1.82) is 0 Å². The number of urea groups is 1. The van der Waals surface area contributed by atoms with Crippen molar-refractivity contribution in [2.45, 2.75) is 20.8 Å². The maximum Gasteiger partial charge on any atom is 0.337 e. The molecule has 138 valence electrons. The number of allylic oxidation sites excluding steroid dienone is 1. The van der Waals surface area contributed by atoms with Crippen molar-refractivity contribution in [1.82, 2.24) is 10.4 Å². The second-order valence-electron chi connectivity index (χ2n) is 4.90. The van der Waals surface area contributed by atoms with Crippen LogP contribution in [0.4, 0.5) is 4.79 Å². The van der Waals surface area contributed by atoms with E-state index in [0.717, 1.165) is 12.1 Å². The van der Waals surface area contributed by atoms with E-state index in [-0.39, 0.29) is 30.2 Å². The molecule has 0 fully saturated rings. The molecule has 0 atom stereocenters. The maximum atomic E-state index is 12.7. The topological polar surface area (TPSA) is 137 Å². The number of nitrogens with zero attached hydrogens (tertiary/aromatic N) is 1. The molecular weight excluding hydrogens is 334 g/mol. The van der Waals surface area contributed by atoms with Crippen LogP contribution in [0, 0.1) is 5.41 Å². The standard InChI is InChI=1S/C15H21N3O7/c1-6-24-12(20)15(13(21)25-7-2)9(4)18(17-14(16)22)8(3)10(15)11(19)23-5/h4,6-7H2,1-3,5H3,(H3,16,17,22). The first-order valence-electron chi connectivity index (χ1n) is 7.39. The largest absolute Gasteiger partial charge is 0.466 e. The Hall–Kier alpha value is -3.04. The van der Waals surface area contributed by atoms with Gasteiger partial charge in [0.25, 0.3) is 0 Å². The highest BCUT2D eigenvalue weighted by Gasteiger charge is 2.64. The van der Waals surface area contributed by atoms with Gasteiger partial charge in [0, 0.05) is 5.70 Å². The van der Waals surface area contributed by atoms with E-state index in [0.29, 0.717) is 0 Å². The summed E-state index contributed by atoms with van der Waals surface area (Å²) >= 11 is 0. The van der Waals surface area contributed by atoms with Crippen LogP contribution in [-0.2, 0) is 28.6 Å². The number of carbonyl (C=O) groups excluding carboxylic acids is 4. The first kappa shape index (κ1) is 20.0. The van der Waals surface area contributed by atoms with Gasteiger partial charge in [0.1, 0.15) is 0 Å². The van der Waals surface area contributed by atoms with Gasteiger partial charge >= 0.3 is 23.9 Å². The molecule has 3 N–H and O–H groups in total. The maximum absolute atomic E-state index is 12.7. The highest BCUT2D eigenvalue weighted by Crippen LogP contribution is 2.48. The van der Waals surface area contributed by atoms with Crippen molar-refractivity contribution in [3.8, 4) is 0 Å². The zero-order chi connectivity index (χ0) is 19.4. The third-order valence-electron chi connectivity index (χ3n) is 3.55. The molecule has 0 aromatic rings. The smallest absolute Gasteiger partial charge is 0.337 e. The predicted molar refractivity (Wildman–Crippen MR) is 84.1 cm³/mol. The molecule has 25 heavy (non-hydrogen) atoms. The lowest BCUT2D eigenvalue weighted by molar-refractivity contribution is -0.168. The number of hydrazine groups is 1. The van der Waals surface area contributed by atoms with E-state index in [1.54, 1.807) is 0 Å². The molecule has 1 aliphatic rings. The van der Waals surface area contributed by atoms with Crippen molar-refractivity contribution in [2.24, 2.45) is 11.1 Å². The summed E-state index contributed by atoms with van der Waals surface area (Å²) in [4.78, 5) is 49.0. The van der Waals surface area contributed by atoms with Crippen LogP contribution in [0.2, 0.25) is 0 Å². The number of hydrogen-bond donors (Lipinski definition) is 2. The number of amides is 2. The normalized spacial score (nSPS) is 15.7. The van der Waals surface area contributed by atoms with Gasteiger partial charge in [-0.3, -0.25) is 14.6 Å². The van der Waals surface area contributed by atoms with E-state index < -0.39 is 29.4 Å². The Balaban J connectivity index is 3.72. The van der Waals surface area contributed by atoms with E-state index >= 15 is 0 Å². The molecule has 0 radical (unpaired) electrons. The minimum Gasteiger partial charge on any atom is -0.466 e. The molecule has 0 saturated carbocycles. The first-order chi connectivity index (χ1) is 11.7. The summed E-state index contributed by atoms with van der Waals surface area (Å²) in [6.07, 6.45) is 0. The molecule has 0 aliphatic carbocycles. The molecule has 0 spiro atoms. The summed E-state index contributed by atoms with van der Waals surface area (Å²) in [6.45, 7) is 7.98. The van der Waals surface area contributed by atoms with Crippen LogP contribution < -0.4 is 11.2 Å². The van der Waals surface area contributed by atoms with Crippen LogP contribution in [0.3, 0.4) is 0 Å². The Labute approximate surface area is 144 Å². The van der Waals surface area contributed by atoms with E-state index in [1.165, 1.54) is 20.8 Å². The Morgan fingerprint density at radius 2 is 1.64 bits per heavy atom. The molecule has 0 unspecified atom stereocenters. The van der Waals surface area contributed by atoms with Crippen molar-refractivity contribution < 1.29 is 33.4 Å². The minimum atomic E-state index is -2.31. The summed E-state index contributed by atoms with van der Waals surface area (Å²) < 4.78 is 14.7. The van der Waals surface area contributed by atoms with Gasteiger partial charge in [-0.05, 0) is 20.8 Å². The van der Waals surface area contributed by atoms with Gasteiger partial charge in [0.05, 0.1) is 31.6 Å². The van der Waals surface area contributed by atoms with Crippen LogP contribution in [0.1, 0.15) is 20.8 Å². The zero-order valence-electron chi connectivity index (χ0n) is 14.5. The summed E-state index contributed by atoms with van der Waals surface area (Å²) in [6, 6.07) is -0.992. The lowest BCUT2D eigenvalue weighted by Crippen LogP contribution is -2.49. The van der Waals surface area contributed by atoms with Crippen LogP contribution in [0.25, 0.3) is 0 Å². The second kappa shape index (κ2) is 7.69. The van der Waals surface area contributed by atoms with Gasteiger partial charge in [-0.1, -0.05) is 6.58 Å². The van der Waals surface area contributed by atoms with Crippen LogP contribution >= 0.6 is 0 Å². The Bertz CT molecular complexity index is 636. The SMILES string of the molecule is C=C1N(NC(N)=O)C(C)=C(C(=O)OC)C1(C(=O)OCC)C(=O)OCC. The van der Waals surface area contributed by atoms with Crippen LogP contribution in [-0.4, -0.2) is 49.3 Å². The number of hydrogen-bond acceptors (Lipinski definition) is 8. The van der Waals surface area contributed by atoms with Gasteiger partial charge in [0.15, 0.2) is 0 Å². The predicted octanol–water partition coefficient (Wildman–Crippen LogP) is -0.0414. The molecule has 10 nitrogen and oxygen atoms in total. The third-order valence-corrected chi connectivity index (χ3v) is 3.55. The Kier molecular flexibility index (Phi) is 6.15. The number of rotatable bonds is 6. The Morgan fingerprint density at radius 3 is 2.00 bits per heavy atom. The Morgan fingerprint density at radius 1 is 1.16 bits per heavy atom. The molecule has 10 heteroatoms. The number of methoxy groups -OCH3 is 1. The van der Waals surface area contributed by atoms with Crippen molar-refractivity contribution >= 4 is 23.9 Å².